The Hall–Kier alpha value is -2.71. The van der Waals surface area contributed by atoms with Crippen molar-refractivity contribution in [1.82, 2.24) is 10.0 Å². The van der Waals surface area contributed by atoms with Crippen molar-refractivity contribution < 1.29 is 23.1 Å². The van der Waals surface area contributed by atoms with E-state index in [9.17, 15) is 18.0 Å². The van der Waals surface area contributed by atoms with E-state index in [0.29, 0.717) is 12.0 Å². The van der Waals surface area contributed by atoms with Crippen LogP contribution in [-0.2, 0) is 21.2 Å². The van der Waals surface area contributed by atoms with Crippen LogP contribution in [0, 0.1) is 6.92 Å². The lowest BCUT2D eigenvalue weighted by Gasteiger charge is -2.09. The molecule has 2 aromatic carbocycles. The molecule has 2 aromatic rings. The zero-order valence-corrected chi connectivity index (χ0v) is 15.8. The third-order valence-corrected chi connectivity index (χ3v) is 5.42. The summed E-state index contributed by atoms with van der Waals surface area (Å²) in [4.78, 5) is 23.2. The smallest absolute Gasteiger partial charge is 0.335 e. The molecule has 27 heavy (non-hydrogen) atoms. The molecule has 0 aliphatic heterocycles. The predicted molar refractivity (Wildman–Crippen MR) is 101 cm³/mol. The van der Waals surface area contributed by atoms with Gasteiger partial charge in [0, 0.05) is 19.5 Å². The Kier molecular flexibility index (Phi) is 7.09. The molecule has 0 bridgehead atoms. The molecule has 0 unspecified atom stereocenters. The zero-order chi connectivity index (χ0) is 19.9. The highest BCUT2D eigenvalue weighted by Gasteiger charge is 2.13. The number of carboxylic acid groups (broad SMARTS) is 1. The molecule has 144 valence electrons. The van der Waals surface area contributed by atoms with Crippen LogP contribution in [-0.4, -0.2) is 38.5 Å². The second kappa shape index (κ2) is 9.29. The molecule has 0 saturated carbocycles. The van der Waals surface area contributed by atoms with Gasteiger partial charge in [-0.3, -0.25) is 4.79 Å². The fourth-order valence-electron chi connectivity index (χ4n) is 2.47. The number of aryl methyl sites for hydroxylation is 2. The molecule has 0 aliphatic carbocycles. The molecule has 7 nitrogen and oxygen atoms in total. The number of aromatic carboxylic acids is 1. The fourth-order valence-corrected chi connectivity index (χ4v) is 3.50. The van der Waals surface area contributed by atoms with Crippen molar-refractivity contribution in [2.75, 3.05) is 13.1 Å². The van der Waals surface area contributed by atoms with E-state index in [4.69, 9.17) is 5.11 Å². The average Bonchev–Trinajstić information content (AvgIpc) is 2.64. The number of hydrogen-bond acceptors (Lipinski definition) is 4. The largest absolute Gasteiger partial charge is 0.478 e. The van der Waals surface area contributed by atoms with Gasteiger partial charge in [-0.2, -0.15) is 0 Å². The van der Waals surface area contributed by atoms with E-state index in [1.807, 2.05) is 6.92 Å². The molecular weight excluding hydrogens is 368 g/mol. The van der Waals surface area contributed by atoms with E-state index in [-0.39, 0.29) is 35.9 Å². The maximum Gasteiger partial charge on any atom is 0.335 e. The van der Waals surface area contributed by atoms with Gasteiger partial charge in [0.15, 0.2) is 0 Å². The average molecular weight is 390 g/mol. The summed E-state index contributed by atoms with van der Waals surface area (Å²) in [6.07, 6.45) is 0.415. The number of carbonyl (C=O) groups excluding carboxylic acids is 1. The highest BCUT2D eigenvalue weighted by Crippen LogP contribution is 2.11. The Labute approximate surface area is 158 Å². The van der Waals surface area contributed by atoms with E-state index in [1.165, 1.54) is 18.2 Å². The van der Waals surface area contributed by atoms with Crippen molar-refractivity contribution >= 4 is 21.9 Å². The summed E-state index contributed by atoms with van der Waals surface area (Å²) in [6, 6.07) is 13.0. The quantitative estimate of drug-likeness (QED) is 0.565. The number of sulfonamides is 1. The van der Waals surface area contributed by atoms with Crippen LogP contribution >= 0.6 is 0 Å². The highest BCUT2D eigenvalue weighted by atomic mass is 32.2. The van der Waals surface area contributed by atoms with Gasteiger partial charge in [-0.05, 0) is 37.1 Å². The summed E-state index contributed by atoms with van der Waals surface area (Å²) in [5.74, 6) is -1.30. The van der Waals surface area contributed by atoms with Crippen LogP contribution in [0.5, 0.6) is 0 Å². The van der Waals surface area contributed by atoms with Gasteiger partial charge < -0.3 is 10.4 Å². The summed E-state index contributed by atoms with van der Waals surface area (Å²) >= 11 is 0. The standard InChI is InChI=1S/C19H22N2O5S/c1-14-6-9-16(10-7-14)27(25,26)21-13-12-20-18(22)11-8-15-4-2-3-5-17(15)19(23)24/h2-7,9-10,21H,8,11-13H2,1H3,(H,20,22)(H,23,24). The molecule has 0 saturated heterocycles. The molecule has 0 aromatic heterocycles. The first-order chi connectivity index (χ1) is 12.8. The Balaban J connectivity index is 1.76. The number of carbonyl (C=O) groups is 2. The normalized spacial score (nSPS) is 11.1. The molecule has 3 N–H and O–H groups in total. The predicted octanol–water partition coefficient (Wildman–Crippen LogP) is 1.72. The van der Waals surface area contributed by atoms with Crippen molar-refractivity contribution in [2.24, 2.45) is 0 Å². The van der Waals surface area contributed by atoms with E-state index >= 15 is 0 Å². The highest BCUT2D eigenvalue weighted by molar-refractivity contribution is 7.89. The van der Waals surface area contributed by atoms with E-state index < -0.39 is 16.0 Å². The second-order valence-electron chi connectivity index (χ2n) is 6.02. The van der Waals surface area contributed by atoms with Crippen molar-refractivity contribution in [3.63, 3.8) is 0 Å². The minimum atomic E-state index is -3.61. The zero-order valence-electron chi connectivity index (χ0n) is 14.9. The van der Waals surface area contributed by atoms with Gasteiger partial charge in [-0.1, -0.05) is 35.9 Å². The van der Waals surface area contributed by atoms with Crippen LogP contribution in [0.4, 0.5) is 0 Å². The molecule has 1 amide bonds. The van der Waals surface area contributed by atoms with E-state index in [0.717, 1.165) is 5.56 Å². The maximum atomic E-state index is 12.1. The molecule has 0 radical (unpaired) electrons. The van der Waals surface area contributed by atoms with Gasteiger partial charge in [0.2, 0.25) is 15.9 Å². The molecule has 0 spiro atoms. The van der Waals surface area contributed by atoms with E-state index in [1.54, 1.807) is 30.3 Å². The third kappa shape index (κ3) is 6.19. The Bertz CT molecular complexity index is 908. The summed E-state index contributed by atoms with van der Waals surface area (Å²) in [5, 5.41) is 11.7. The van der Waals surface area contributed by atoms with Crippen molar-refractivity contribution in [3.8, 4) is 0 Å². The van der Waals surface area contributed by atoms with Gasteiger partial charge in [-0.15, -0.1) is 0 Å². The van der Waals surface area contributed by atoms with Crippen molar-refractivity contribution in [3.05, 3.63) is 65.2 Å². The fraction of sp³-hybridized carbons (Fsp3) is 0.263. The lowest BCUT2D eigenvalue weighted by Crippen LogP contribution is -2.34. The number of hydrogen-bond donors (Lipinski definition) is 3. The molecular formula is C19H22N2O5S. The molecule has 0 heterocycles. The van der Waals surface area contributed by atoms with Crippen molar-refractivity contribution in [2.45, 2.75) is 24.7 Å². The lowest BCUT2D eigenvalue weighted by atomic mass is 10.0. The van der Waals surface area contributed by atoms with Gasteiger partial charge in [-0.25, -0.2) is 17.9 Å². The van der Waals surface area contributed by atoms with Gasteiger partial charge >= 0.3 is 5.97 Å². The Morgan fingerprint density at radius 1 is 1.00 bits per heavy atom. The lowest BCUT2D eigenvalue weighted by molar-refractivity contribution is -0.121. The minimum absolute atomic E-state index is 0.0632. The molecule has 0 atom stereocenters. The van der Waals surface area contributed by atoms with E-state index in [2.05, 4.69) is 10.0 Å². The Morgan fingerprint density at radius 2 is 1.67 bits per heavy atom. The van der Waals surface area contributed by atoms with Crippen LogP contribution in [0.15, 0.2) is 53.4 Å². The number of carboxylic acids is 1. The first-order valence-corrected chi connectivity index (χ1v) is 9.92. The monoisotopic (exact) mass is 390 g/mol. The number of amides is 1. The molecule has 0 aliphatic rings. The Morgan fingerprint density at radius 3 is 2.33 bits per heavy atom. The summed E-state index contributed by atoms with van der Waals surface area (Å²) in [6.45, 7) is 2.08. The number of nitrogens with one attached hydrogen (secondary N) is 2. The van der Waals surface area contributed by atoms with Gasteiger partial charge in [0.05, 0.1) is 10.5 Å². The van der Waals surface area contributed by atoms with Crippen LogP contribution in [0.3, 0.4) is 0 Å². The molecule has 8 heteroatoms. The summed E-state index contributed by atoms with van der Waals surface area (Å²) in [7, 11) is -3.61. The second-order valence-corrected chi connectivity index (χ2v) is 7.79. The number of benzene rings is 2. The van der Waals surface area contributed by atoms with Gasteiger partial charge in [0.1, 0.15) is 0 Å². The van der Waals surface area contributed by atoms with Crippen LogP contribution in [0.2, 0.25) is 0 Å². The number of rotatable bonds is 9. The summed E-state index contributed by atoms with van der Waals surface area (Å²) < 4.78 is 26.7. The SMILES string of the molecule is Cc1ccc(S(=O)(=O)NCCNC(=O)CCc2ccccc2C(=O)O)cc1. The molecule has 0 fully saturated rings. The minimum Gasteiger partial charge on any atom is -0.478 e. The van der Waals surface area contributed by atoms with Crippen LogP contribution < -0.4 is 10.0 Å². The van der Waals surface area contributed by atoms with Crippen molar-refractivity contribution in [1.29, 1.82) is 0 Å². The molecule has 2 rings (SSSR count). The third-order valence-electron chi connectivity index (χ3n) is 3.94. The van der Waals surface area contributed by atoms with Gasteiger partial charge in [0.25, 0.3) is 0 Å². The summed E-state index contributed by atoms with van der Waals surface area (Å²) in [5.41, 5.74) is 1.72. The first-order valence-electron chi connectivity index (χ1n) is 8.44. The topological polar surface area (TPSA) is 113 Å². The first kappa shape index (κ1) is 20.6. The van der Waals surface area contributed by atoms with Crippen LogP contribution in [0.25, 0.3) is 0 Å². The maximum absolute atomic E-state index is 12.1. The van der Waals surface area contributed by atoms with Crippen LogP contribution in [0.1, 0.15) is 27.9 Å².